The number of nitrogens with one attached hydrogen (secondary N) is 1. The number of carbonyl (C=O) groups is 1. The third kappa shape index (κ3) is 4.08. The van der Waals surface area contributed by atoms with Crippen LogP contribution in [-0.2, 0) is 11.2 Å². The number of thioether (sulfide) groups is 1. The molecule has 0 aliphatic heterocycles. The maximum Gasteiger partial charge on any atom is 0.228 e. The fourth-order valence-electron chi connectivity index (χ4n) is 1.76. The van der Waals surface area contributed by atoms with Gasteiger partial charge >= 0.3 is 0 Å². The van der Waals surface area contributed by atoms with Crippen LogP contribution in [0, 0.1) is 5.82 Å². The van der Waals surface area contributed by atoms with Crippen LogP contribution >= 0.6 is 27.7 Å². The Balaban J connectivity index is 2.07. The van der Waals surface area contributed by atoms with Gasteiger partial charge in [0.2, 0.25) is 5.91 Å². The van der Waals surface area contributed by atoms with E-state index in [9.17, 15) is 9.18 Å². The van der Waals surface area contributed by atoms with Crippen LogP contribution in [0.1, 0.15) is 5.56 Å². The van der Waals surface area contributed by atoms with E-state index in [4.69, 9.17) is 0 Å². The molecular formula is C15H13BrFNOS. The molecule has 1 N–H and O–H groups in total. The van der Waals surface area contributed by atoms with Gasteiger partial charge in [-0.15, -0.1) is 11.8 Å². The molecule has 2 rings (SSSR count). The second-order valence-corrected chi connectivity index (χ2v) is 5.99. The summed E-state index contributed by atoms with van der Waals surface area (Å²) in [7, 11) is 0. The first-order valence-corrected chi connectivity index (χ1v) is 7.98. The van der Waals surface area contributed by atoms with Crippen molar-refractivity contribution in [2.75, 3.05) is 11.6 Å². The fraction of sp³-hybridized carbons (Fsp3) is 0.133. The van der Waals surface area contributed by atoms with E-state index in [1.807, 2.05) is 30.5 Å². The van der Waals surface area contributed by atoms with Gasteiger partial charge in [0.25, 0.3) is 0 Å². The Hall–Kier alpha value is -1.33. The predicted molar refractivity (Wildman–Crippen MR) is 84.7 cm³/mol. The Bertz CT molecular complexity index is 633. The van der Waals surface area contributed by atoms with Crippen LogP contribution in [-0.4, -0.2) is 12.2 Å². The normalized spacial score (nSPS) is 10.3. The highest BCUT2D eigenvalue weighted by Gasteiger charge is 2.09. The summed E-state index contributed by atoms with van der Waals surface area (Å²) in [6, 6.07) is 12.1. The Labute approximate surface area is 129 Å². The molecule has 0 radical (unpaired) electrons. The summed E-state index contributed by atoms with van der Waals surface area (Å²) in [6.45, 7) is 0. The Kier molecular flexibility index (Phi) is 5.20. The van der Waals surface area contributed by atoms with E-state index in [0.717, 1.165) is 15.1 Å². The number of anilines is 1. The molecule has 0 atom stereocenters. The molecule has 0 aliphatic carbocycles. The minimum Gasteiger partial charge on any atom is -0.326 e. The number of hydrogen-bond acceptors (Lipinski definition) is 2. The topological polar surface area (TPSA) is 29.1 Å². The molecular weight excluding hydrogens is 341 g/mol. The minimum atomic E-state index is -0.374. The predicted octanol–water partition coefficient (Wildman–Crippen LogP) is 4.49. The summed E-state index contributed by atoms with van der Waals surface area (Å²) in [6.07, 6.45) is 1.98. The van der Waals surface area contributed by atoms with Gasteiger partial charge in [-0.25, -0.2) is 4.39 Å². The van der Waals surface area contributed by atoms with Crippen LogP contribution in [0.4, 0.5) is 10.1 Å². The van der Waals surface area contributed by atoms with Crippen LogP contribution < -0.4 is 5.32 Å². The zero-order valence-corrected chi connectivity index (χ0v) is 13.2. The number of halogens is 2. The summed E-state index contributed by atoms with van der Waals surface area (Å²) in [5, 5.41) is 2.78. The molecule has 1 amide bonds. The maximum absolute atomic E-state index is 13.6. The Morgan fingerprint density at radius 3 is 2.85 bits per heavy atom. The summed E-state index contributed by atoms with van der Waals surface area (Å²) in [4.78, 5) is 13.0. The second kappa shape index (κ2) is 6.90. The number of amides is 1. The quantitative estimate of drug-likeness (QED) is 0.820. The zero-order valence-electron chi connectivity index (χ0n) is 10.8. The van der Waals surface area contributed by atoms with Crippen molar-refractivity contribution < 1.29 is 9.18 Å². The average molecular weight is 354 g/mol. The number of hydrogen-bond donors (Lipinski definition) is 1. The van der Waals surface area contributed by atoms with Gasteiger partial charge in [-0.1, -0.05) is 22.0 Å². The van der Waals surface area contributed by atoms with Gasteiger partial charge in [0.15, 0.2) is 0 Å². The SMILES string of the molecule is CSc1cccc(NC(=O)Cc2cc(Br)ccc2F)c1. The van der Waals surface area contributed by atoms with E-state index >= 15 is 0 Å². The monoisotopic (exact) mass is 353 g/mol. The molecule has 2 aromatic rings. The molecule has 0 fully saturated rings. The van der Waals surface area contributed by atoms with Crippen molar-refractivity contribution in [1.29, 1.82) is 0 Å². The highest BCUT2D eigenvalue weighted by molar-refractivity contribution is 9.10. The lowest BCUT2D eigenvalue weighted by atomic mass is 10.1. The third-order valence-electron chi connectivity index (χ3n) is 2.71. The first-order chi connectivity index (χ1) is 9.58. The molecule has 0 unspecified atom stereocenters. The van der Waals surface area contributed by atoms with E-state index < -0.39 is 0 Å². The second-order valence-electron chi connectivity index (χ2n) is 4.19. The summed E-state index contributed by atoms with van der Waals surface area (Å²) in [5.41, 5.74) is 1.09. The number of benzene rings is 2. The molecule has 0 spiro atoms. The van der Waals surface area contributed by atoms with Crippen molar-refractivity contribution in [1.82, 2.24) is 0 Å². The molecule has 0 aromatic heterocycles. The molecule has 0 heterocycles. The molecule has 20 heavy (non-hydrogen) atoms. The molecule has 0 saturated carbocycles. The van der Waals surface area contributed by atoms with Crippen molar-refractivity contribution in [2.24, 2.45) is 0 Å². The van der Waals surface area contributed by atoms with Crippen LogP contribution in [0.15, 0.2) is 51.8 Å². The maximum atomic E-state index is 13.6. The van der Waals surface area contributed by atoms with Crippen molar-refractivity contribution in [3.8, 4) is 0 Å². The number of carbonyl (C=O) groups excluding carboxylic acids is 1. The lowest BCUT2D eigenvalue weighted by Crippen LogP contribution is -2.15. The molecule has 0 bridgehead atoms. The molecule has 0 saturated heterocycles. The molecule has 2 nitrogen and oxygen atoms in total. The average Bonchev–Trinajstić information content (AvgIpc) is 2.43. The van der Waals surface area contributed by atoms with Crippen molar-refractivity contribution in [3.05, 3.63) is 58.3 Å². The third-order valence-corrected chi connectivity index (χ3v) is 3.93. The first-order valence-electron chi connectivity index (χ1n) is 5.96. The molecule has 104 valence electrons. The van der Waals surface area contributed by atoms with Gasteiger partial charge in [-0.2, -0.15) is 0 Å². The van der Waals surface area contributed by atoms with Crippen molar-refractivity contribution in [2.45, 2.75) is 11.3 Å². The van der Waals surface area contributed by atoms with Crippen LogP contribution in [0.5, 0.6) is 0 Å². The molecule has 5 heteroatoms. The smallest absolute Gasteiger partial charge is 0.228 e. The molecule has 2 aromatic carbocycles. The van der Waals surface area contributed by atoms with E-state index in [1.54, 1.807) is 23.9 Å². The zero-order chi connectivity index (χ0) is 14.5. The summed E-state index contributed by atoms with van der Waals surface area (Å²) < 4.78 is 14.3. The van der Waals surface area contributed by atoms with Gasteiger partial charge in [0, 0.05) is 15.1 Å². The highest BCUT2D eigenvalue weighted by atomic mass is 79.9. The van der Waals surface area contributed by atoms with E-state index in [-0.39, 0.29) is 18.1 Å². The van der Waals surface area contributed by atoms with Gasteiger partial charge in [0.1, 0.15) is 5.82 Å². The van der Waals surface area contributed by atoms with Gasteiger partial charge in [-0.3, -0.25) is 4.79 Å². The fourth-order valence-corrected chi connectivity index (χ4v) is 2.63. The first kappa shape index (κ1) is 15.1. The van der Waals surface area contributed by atoms with Crippen LogP contribution in [0.2, 0.25) is 0 Å². The van der Waals surface area contributed by atoms with Crippen molar-refractivity contribution in [3.63, 3.8) is 0 Å². The lowest BCUT2D eigenvalue weighted by molar-refractivity contribution is -0.115. The lowest BCUT2D eigenvalue weighted by Gasteiger charge is -2.07. The minimum absolute atomic E-state index is 0.00870. The van der Waals surface area contributed by atoms with Gasteiger partial charge < -0.3 is 5.32 Å². The van der Waals surface area contributed by atoms with Crippen LogP contribution in [0.3, 0.4) is 0 Å². The Morgan fingerprint density at radius 1 is 1.30 bits per heavy atom. The van der Waals surface area contributed by atoms with E-state index in [1.165, 1.54) is 6.07 Å². The van der Waals surface area contributed by atoms with E-state index in [2.05, 4.69) is 21.2 Å². The number of rotatable bonds is 4. The largest absolute Gasteiger partial charge is 0.326 e. The highest BCUT2D eigenvalue weighted by Crippen LogP contribution is 2.20. The Morgan fingerprint density at radius 2 is 2.10 bits per heavy atom. The molecule has 0 aliphatic rings. The van der Waals surface area contributed by atoms with Crippen molar-refractivity contribution >= 4 is 39.3 Å². The van der Waals surface area contributed by atoms with Gasteiger partial charge in [0.05, 0.1) is 6.42 Å². The standard InChI is InChI=1S/C15H13BrFNOS/c1-20-13-4-2-3-12(9-13)18-15(19)8-10-7-11(16)5-6-14(10)17/h2-7,9H,8H2,1H3,(H,18,19). The van der Waals surface area contributed by atoms with Crippen LogP contribution in [0.25, 0.3) is 0 Å². The summed E-state index contributed by atoms with van der Waals surface area (Å²) in [5.74, 6) is -0.610. The van der Waals surface area contributed by atoms with E-state index in [0.29, 0.717) is 5.56 Å². The van der Waals surface area contributed by atoms with Gasteiger partial charge in [-0.05, 0) is 48.2 Å². The summed E-state index contributed by atoms with van der Waals surface area (Å²) >= 11 is 4.87.